The van der Waals surface area contributed by atoms with Gasteiger partial charge in [0.2, 0.25) is 10.0 Å². The molecule has 5 aromatic carbocycles. The Kier molecular flexibility index (Phi) is 13.0. The van der Waals surface area contributed by atoms with Crippen molar-refractivity contribution in [2.45, 2.75) is 31.7 Å². The molecule has 0 unspecified atom stereocenters. The van der Waals surface area contributed by atoms with Gasteiger partial charge < -0.3 is 9.47 Å². The van der Waals surface area contributed by atoms with Gasteiger partial charge in [0.05, 0.1) is 43.8 Å². The van der Waals surface area contributed by atoms with E-state index in [1.807, 2.05) is 110 Å². The SMILES string of the molecule is CC(C)CN(OC(c1ccccc1)(c1ccccc1)c1ccccc1)C(=O)[C@H](CN(c1ccc(Oc2ccc(C(F)(F)F)cc2)cc1)S(C)(=O)=O)N1CCOCC1. The van der Waals surface area contributed by atoms with Crippen molar-refractivity contribution in [1.82, 2.24) is 9.96 Å². The number of anilines is 1. The van der Waals surface area contributed by atoms with Crippen molar-refractivity contribution in [3.63, 3.8) is 0 Å². The second kappa shape index (κ2) is 17.9. The molecule has 5 aromatic rings. The summed E-state index contributed by atoms with van der Waals surface area (Å²) in [4.78, 5) is 24.4. The van der Waals surface area contributed by atoms with Crippen LogP contribution in [0.15, 0.2) is 140 Å². The van der Waals surface area contributed by atoms with Crippen LogP contribution in [-0.2, 0) is 36.2 Å². The molecule has 0 saturated carbocycles. The molecule has 1 amide bonds. The zero-order chi connectivity index (χ0) is 40.6. The molecule has 1 aliphatic rings. The summed E-state index contributed by atoms with van der Waals surface area (Å²) < 4.78 is 79.0. The first-order valence-electron chi connectivity index (χ1n) is 18.7. The van der Waals surface area contributed by atoms with Crippen molar-refractivity contribution in [3.8, 4) is 11.5 Å². The number of carbonyl (C=O) groups excluding carboxylic acids is 1. The maximum absolute atomic E-state index is 15.3. The minimum Gasteiger partial charge on any atom is -0.457 e. The average Bonchev–Trinajstić information content (AvgIpc) is 3.21. The maximum atomic E-state index is 15.3. The van der Waals surface area contributed by atoms with E-state index in [2.05, 4.69) is 0 Å². The van der Waals surface area contributed by atoms with Gasteiger partial charge >= 0.3 is 6.18 Å². The summed E-state index contributed by atoms with van der Waals surface area (Å²) in [6.45, 7) is 5.39. The topological polar surface area (TPSA) is 88.6 Å². The normalized spacial score (nSPS) is 14.6. The van der Waals surface area contributed by atoms with E-state index in [1.165, 1.54) is 45.8 Å². The zero-order valence-corrected chi connectivity index (χ0v) is 32.8. The van der Waals surface area contributed by atoms with E-state index < -0.39 is 39.3 Å². The van der Waals surface area contributed by atoms with Crippen LogP contribution in [0.3, 0.4) is 0 Å². The average molecular weight is 802 g/mol. The van der Waals surface area contributed by atoms with Gasteiger partial charge in [-0.05, 0) is 71.1 Å². The fourth-order valence-corrected chi connectivity index (χ4v) is 7.79. The van der Waals surface area contributed by atoms with E-state index in [-0.39, 0.29) is 36.2 Å². The Morgan fingerprint density at radius 2 is 1.16 bits per heavy atom. The highest BCUT2D eigenvalue weighted by Gasteiger charge is 2.44. The minimum atomic E-state index is -4.48. The summed E-state index contributed by atoms with van der Waals surface area (Å²) in [6, 6.07) is 38.5. The van der Waals surface area contributed by atoms with Crippen LogP contribution in [0.5, 0.6) is 11.5 Å². The number of morpholine rings is 1. The number of rotatable bonds is 15. The lowest BCUT2D eigenvalue weighted by molar-refractivity contribution is -0.230. The van der Waals surface area contributed by atoms with Crippen LogP contribution in [0, 0.1) is 5.92 Å². The van der Waals surface area contributed by atoms with Crippen LogP contribution in [0.1, 0.15) is 36.1 Å². The van der Waals surface area contributed by atoms with E-state index in [1.54, 1.807) is 0 Å². The second-order valence-corrected chi connectivity index (χ2v) is 16.1. The van der Waals surface area contributed by atoms with Crippen molar-refractivity contribution < 1.29 is 40.7 Å². The summed E-state index contributed by atoms with van der Waals surface area (Å²) in [6.07, 6.45) is -3.41. The number of hydrogen-bond donors (Lipinski definition) is 0. The van der Waals surface area contributed by atoms with Crippen molar-refractivity contribution >= 4 is 21.6 Å². The summed E-state index contributed by atoms with van der Waals surface area (Å²) in [5.74, 6) is -0.00363. The van der Waals surface area contributed by atoms with Gasteiger partial charge in [0, 0.05) is 13.1 Å². The molecule has 0 aliphatic carbocycles. The third-order valence-electron chi connectivity index (χ3n) is 9.62. The first-order valence-corrected chi connectivity index (χ1v) is 20.5. The van der Waals surface area contributed by atoms with Crippen LogP contribution < -0.4 is 9.04 Å². The lowest BCUT2D eigenvalue weighted by Crippen LogP contribution is -2.58. The van der Waals surface area contributed by atoms with Crippen LogP contribution in [0.4, 0.5) is 18.9 Å². The monoisotopic (exact) mass is 801 g/mol. The van der Waals surface area contributed by atoms with Gasteiger partial charge in [-0.2, -0.15) is 13.2 Å². The number of carbonyl (C=O) groups is 1. The largest absolute Gasteiger partial charge is 0.457 e. The van der Waals surface area contributed by atoms with Crippen LogP contribution in [0.2, 0.25) is 0 Å². The smallest absolute Gasteiger partial charge is 0.416 e. The number of benzene rings is 5. The maximum Gasteiger partial charge on any atom is 0.416 e. The number of halogens is 3. The summed E-state index contributed by atoms with van der Waals surface area (Å²) in [5, 5.41) is 1.40. The Bertz CT molecular complexity index is 2050. The van der Waals surface area contributed by atoms with Gasteiger partial charge in [-0.25, -0.2) is 18.3 Å². The molecule has 0 radical (unpaired) electrons. The molecule has 0 aromatic heterocycles. The molecule has 13 heteroatoms. The Morgan fingerprint density at radius 3 is 1.58 bits per heavy atom. The molecule has 1 atom stereocenters. The molecule has 1 saturated heterocycles. The van der Waals surface area contributed by atoms with E-state index >= 15 is 4.79 Å². The lowest BCUT2D eigenvalue weighted by atomic mass is 9.80. The number of ether oxygens (including phenoxy) is 2. The third-order valence-corrected chi connectivity index (χ3v) is 10.8. The van der Waals surface area contributed by atoms with E-state index in [4.69, 9.17) is 14.3 Å². The molecular weight excluding hydrogens is 756 g/mol. The van der Waals surface area contributed by atoms with Gasteiger partial charge in [-0.3, -0.25) is 14.0 Å². The molecule has 300 valence electrons. The molecule has 1 fully saturated rings. The lowest BCUT2D eigenvalue weighted by Gasteiger charge is -2.43. The summed E-state index contributed by atoms with van der Waals surface area (Å²) >= 11 is 0. The molecule has 1 heterocycles. The van der Waals surface area contributed by atoms with Crippen LogP contribution in [-0.4, -0.2) is 76.0 Å². The Labute approximate surface area is 332 Å². The van der Waals surface area contributed by atoms with Gasteiger partial charge in [0.1, 0.15) is 17.5 Å². The molecule has 0 N–H and O–H groups in total. The molecule has 6 rings (SSSR count). The molecule has 9 nitrogen and oxygen atoms in total. The predicted molar refractivity (Wildman–Crippen MR) is 213 cm³/mol. The van der Waals surface area contributed by atoms with Crippen molar-refractivity contribution in [1.29, 1.82) is 0 Å². The van der Waals surface area contributed by atoms with Gasteiger partial charge in [-0.15, -0.1) is 0 Å². The zero-order valence-electron chi connectivity index (χ0n) is 32.0. The van der Waals surface area contributed by atoms with E-state index in [9.17, 15) is 21.6 Å². The molecular formula is C44H46F3N3O6S. The Morgan fingerprint density at radius 1 is 0.702 bits per heavy atom. The molecule has 1 aliphatic heterocycles. The summed E-state index contributed by atoms with van der Waals surface area (Å²) in [5.41, 5.74) is 0.576. The predicted octanol–water partition coefficient (Wildman–Crippen LogP) is 8.37. The number of nitrogens with zero attached hydrogens (tertiary/aromatic N) is 3. The second-order valence-electron chi connectivity index (χ2n) is 14.2. The molecule has 57 heavy (non-hydrogen) atoms. The van der Waals surface area contributed by atoms with Crippen LogP contribution in [0.25, 0.3) is 0 Å². The summed E-state index contributed by atoms with van der Waals surface area (Å²) in [7, 11) is -3.97. The van der Waals surface area contributed by atoms with E-state index in [0.717, 1.165) is 35.1 Å². The highest BCUT2D eigenvalue weighted by molar-refractivity contribution is 7.92. The van der Waals surface area contributed by atoms with Crippen LogP contribution >= 0.6 is 0 Å². The first-order chi connectivity index (χ1) is 27.3. The number of amides is 1. The van der Waals surface area contributed by atoms with Crippen molar-refractivity contribution in [3.05, 3.63) is 162 Å². The van der Waals surface area contributed by atoms with Crippen molar-refractivity contribution in [2.75, 3.05) is 50.0 Å². The minimum absolute atomic E-state index is 0.0393. The third kappa shape index (κ3) is 10.0. The number of sulfonamides is 1. The molecule has 0 spiro atoms. The van der Waals surface area contributed by atoms with Gasteiger partial charge in [-0.1, -0.05) is 105 Å². The molecule has 0 bridgehead atoms. The van der Waals surface area contributed by atoms with E-state index in [0.29, 0.717) is 26.3 Å². The fourth-order valence-electron chi connectivity index (χ4n) is 6.87. The Hall–Kier alpha value is -5.21. The highest BCUT2D eigenvalue weighted by atomic mass is 32.2. The Balaban J connectivity index is 1.37. The number of hydroxylamine groups is 2. The number of hydrogen-bond acceptors (Lipinski definition) is 7. The first kappa shape index (κ1) is 41.4. The van der Waals surface area contributed by atoms with Gasteiger partial charge in [0.25, 0.3) is 5.91 Å². The van der Waals surface area contributed by atoms with Gasteiger partial charge in [0.15, 0.2) is 5.60 Å². The van der Waals surface area contributed by atoms with Crippen molar-refractivity contribution in [2.24, 2.45) is 5.92 Å². The standard InChI is InChI=1S/C44H46F3N3O6S/c1-33(2)31-49(56-43(34-13-7-4-8-14-34,35-15-9-5-10-16-35)36-17-11-6-12-18-36)42(51)41(48-27-29-54-30-28-48)32-50(57(3,52)53)38-21-25-40(26-22-38)55-39-23-19-37(20-24-39)44(45,46)47/h4-26,33,41H,27-32H2,1-3H3/t41-/m0/s1. The number of alkyl halides is 3. The fraction of sp³-hybridized carbons (Fsp3) is 0.295. The highest BCUT2D eigenvalue weighted by Crippen LogP contribution is 2.42. The quantitative estimate of drug-likeness (QED) is 0.0777.